The van der Waals surface area contributed by atoms with E-state index in [0.717, 1.165) is 30.0 Å². The first-order valence-electron chi connectivity index (χ1n) is 5.48. The van der Waals surface area contributed by atoms with E-state index in [1.807, 2.05) is 18.2 Å². The average molecular weight is 221 g/mol. The maximum absolute atomic E-state index is 11.2. The van der Waals surface area contributed by atoms with Crippen LogP contribution in [0.2, 0.25) is 0 Å². The first-order valence-corrected chi connectivity index (χ1v) is 5.48. The third-order valence-electron chi connectivity index (χ3n) is 2.81. The van der Waals surface area contributed by atoms with E-state index in [4.69, 9.17) is 9.47 Å². The number of benzene rings is 1. The van der Waals surface area contributed by atoms with Crippen molar-refractivity contribution in [3.63, 3.8) is 0 Å². The monoisotopic (exact) mass is 221 g/mol. The van der Waals surface area contributed by atoms with Crippen molar-refractivity contribution < 1.29 is 15.7 Å². The number of hydrogen-bond donors (Lipinski definition) is 1. The minimum atomic E-state index is 0. The largest absolute Gasteiger partial charge is 0.491 e. The average Bonchev–Trinajstić information content (AvgIpc) is 3.10. The lowest BCUT2D eigenvalue weighted by molar-refractivity contribution is -0.116. The van der Waals surface area contributed by atoms with E-state index < -0.39 is 0 Å². The van der Waals surface area contributed by atoms with Gasteiger partial charge in [-0.05, 0) is 30.2 Å². The molecule has 4 heteroatoms. The molecule has 1 N–H and O–H groups in total. The summed E-state index contributed by atoms with van der Waals surface area (Å²) >= 11 is 0. The lowest BCUT2D eigenvalue weighted by atomic mass is 10.0. The Bertz CT molecular complexity index is 432. The van der Waals surface area contributed by atoms with Crippen LogP contribution >= 0.6 is 0 Å². The first kappa shape index (κ1) is 9.66. The summed E-state index contributed by atoms with van der Waals surface area (Å²) in [5.41, 5.74) is 2.06. The van der Waals surface area contributed by atoms with Crippen LogP contribution in [0.4, 0.5) is 5.69 Å². The summed E-state index contributed by atoms with van der Waals surface area (Å²) in [7, 11) is 0. The van der Waals surface area contributed by atoms with E-state index in [0.29, 0.717) is 13.0 Å². The van der Waals surface area contributed by atoms with Gasteiger partial charge in [-0.2, -0.15) is 0 Å². The minimum absolute atomic E-state index is 0. The normalized spacial score (nSPS) is 22.2. The number of nitrogens with one attached hydrogen (secondary N) is 1. The van der Waals surface area contributed by atoms with Gasteiger partial charge in [0.05, 0.1) is 6.61 Å². The van der Waals surface area contributed by atoms with Crippen LogP contribution in [0.25, 0.3) is 0 Å². The molecule has 0 bridgehead atoms. The molecule has 16 heavy (non-hydrogen) atoms. The van der Waals surface area contributed by atoms with Gasteiger partial charge in [-0.3, -0.25) is 4.79 Å². The fourth-order valence-electron chi connectivity index (χ4n) is 1.80. The molecule has 4 nitrogen and oxygen atoms in total. The molecule has 2 heterocycles. The Morgan fingerprint density at radius 2 is 2.38 bits per heavy atom. The van der Waals surface area contributed by atoms with Crippen LogP contribution in [-0.4, -0.2) is 25.2 Å². The zero-order chi connectivity index (χ0) is 11.0. The molecule has 0 spiro atoms. The standard InChI is InChI=1S/C12H13NO3.H2/c14-12-4-1-8-5-9(2-3-11(8)13-12)15-6-10-7-16-10;/h2-3,5,10H,1,4,6-7H2,(H,13,14);1H/t10-;/m1./s1. The van der Waals surface area contributed by atoms with E-state index >= 15 is 0 Å². The fourth-order valence-corrected chi connectivity index (χ4v) is 1.80. The number of rotatable bonds is 3. The third kappa shape index (κ3) is 2.02. The molecule has 0 aromatic heterocycles. The van der Waals surface area contributed by atoms with E-state index in [1.165, 1.54) is 0 Å². The van der Waals surface area contributed by atoms with Gasteiger partial charge in [0.2, 0.25) is 5.91 Å². The SMILES string of the molecule is O=C1CCc2cc(OC[C@@H]3CO3)ccc2N1.[HH]. The van der Waals surface area contributed by atoms with Crippen molar-refractivity contribution in [1.82, 2.24) is 0 Å². The van der Waals surface area contributed by atoms with Crippen LogP contribution in [0.15, 0.2) is 18.2 Å². The molecule has 0 unspecified atom stereocenters. The molecular weight excluding hydrogens is 206 g/mol. The highest BCUT2D eigenvalue weighted by Gasteiger charge is 2.23. The van der Waals surface area contributed by atoms with Crippen molar-refractivity contribution in [3.8, 4) is 5.75 Å². The Morgan fingerprint density at radius 3 is 3.19 bits per heavy atom. The summed E-state index contributed by atoms with van der Waals surface area (Å²) in [6.45, 7) is 1.42. The summed E-state index contributed by atoms with van der Waals surface area (Å²) in [4.78, 5) is 11.2. The number of anilines is 1. The molecule has 0 radical (unpaired) electrons. The first-order chi connectivity index (χ1) is 7.81. The van der Waals surface area contributed by atoms with Gasteiger partial charge in [-0.1, -0.05) is 0 Å². The summed E-state index contributed by atoms with van der Waals surface area (Å²) in [6, 6.07) is 5.78. The van der Waals surface area contributed by atoms with E-state index in [-0.39, 0.29) is 13.4 Å². The van der Waals surface area contributed by atoms with Crippen molar-refractivity contribution in [2.75, 3.05) is 18.5 Å². The van der Waals surface area contributed by atoms with Gasteiger partial charge in [0.15, 0.2) is 0 Å². The maximum atomic E-state index is 11.2. The summed E-state index contributed by atoms with van der Waals surface area (Å²) in [5.74, 6) is 0.943. The van der Waals surface area contributed by atoms with Gasteiger partial charge < -0.3 is 14.8 Å². The fraction of sp³-hybridized carbons (Fsp3) is 0.417. The summed E-state index contributed by atoms with van der Waals surface area (Å²) in [5, 5.41) is 2.85. The second-order valence-electron chi connectivity index (χ2n) is 4.13. The van der Waals surface area contributed by atoms with Crippen molar-refractivity contribution in [1.29, 1.82) is 0 Å². The molecule has 1 saturated heterocycles. The Kier molecular flexibility index (Phi) is 2.29. The van der Waals surface area contributed by atoms with Crippen LogP contribution < -0.4 is 10.1 Å². The molecule has 1 aromatic rings. The Balaban J connectivity index is 0.00000108. The van der Waals surface area contributed by atoms with Crippen molar-refractivity contribution in [2.45, 2.75) is 18.9 Å². The second-order valence-corrected chi connectivity index (χ2v) is 4.13. The van der Waals surface area contributed by atoms with E-state index in [1.54, 1.807) is 0 Å². The Hall–Kier alpha value is -1.55. The molecule has 1 amide bonds. The number of fused-ring (bicyclic) bond motifs is 1. The Morgan fingerprint density at radius 1 is 1.50 bits per heavy atom. The molecule has 86 valence electrons. The molecule has 1 fully saturated rings. The Labute approximate surface area is 95.0 Å². The number of carbonyl (C=O) groups is 1. The zero-order valence-corrected chi connectivity index (χ0v) is 8.86. The van der Waals surface area contributed by atoms with E-state index in [9.17, 15) is 4.79 Å². The minimum Gasteiger partial charge on any atom is -0.491 e. The number of hydrogen-bond acceptors (Lipinski definition) is 3. The lowest BCUT2D eigenvalue weighted by Crippen LogP contribution is -2.18. The van der Waals surface area contributed by atoms with Crippen molar-refractivity contribution in [2.24, 2.45) is 0 Å². The second kappa shape index (κ2) is 3.79. The van der Waals surface area contributed by atoms with Gasteiger partial charge in [0.25, 0.3) is 0 Å². The smallest absolute Gasteiger partial charge is 0.224 e. The highest BCUT2D eigenvalue weighted by Crippen LogP contribution is 2.27. The van der Waals surface area contributed by atoms with Crippen LogP contribution in [0.1, 0.15) is 13.4 Å². The topological polar surface area (TPSA) is 50.9 Å². The van der Waals surface area contributed by atoms with Crippen molar-refractivity contribution >= 4 is 11.6 Å². The van der Waals surface area contributed by atoms with Crippen LogP contribution in [-0.2, 0) is 16.0 Å². The summed E-state index contributed by atoms with van der Waals surface area (Å²) < 4.78 is 10.7. The zero-order valence-electron chi connectivity index (χ0n) is 8.86. The van der Waals surface area contributed by atoms with Gasteiger partial charge in [0, 0.05) is 13.5 Å². The molecule has 0 saturated carbocycles. The molecule has 1 aromatic carbocycles. The number of aryl methyl sites for hydroxylation is 1. The maximum Gasteiger partial charge on any atom is 0.224 e. The van der Waals surface area contributed by atoms with Gasteiger partial charge >= 0.3 is 0 Å². The predicted molar refractivity (Wildman–Crippen MR) is 60.7 cm³/mol. The van der Waals surface area contributed by atoms with Gasteiger partial charge in [0.1, 0.15) is 18.5 Å². The molecule has 2 aliphatic heterocycles. The predicted octanol–water partition coefficient (Wildman–Crippen LogP) is 1.59. The lowest BCUT2D eigenvalue weighted by Gasteiger charge is -2.17. The van der Waals surface area contributed by atoms with Crippen LogP contribution in [0.3, 0.4) is 0 Å². The van der Waals surface area contributed by atoms with Crippen LogP contribution in [0, 0.1) is 0 Å². The number of amides is 1. The quantitative estimate of drug-likeness (QED) is 0.789. The highest BCUT2D eigenvalue weighted by atomic mass is 16.6. The van der Waals surface area contributed by atoms with Crippen LogP contribution in [0.5, 0.6) is 5.75 Å². The summed E-state index contributed by atoms with van der Waals surface area (Å²) in [6.07, 6.45) is 1.62. The van der Waals surface area contributed by atoms with E-state index in [2.05, 4.69) is 5.32 Å². The van der Waals surface area contributed by atoms with Gasteiger partial charge in [-0.15, -0.1) is 0 Å². The van der Waals surface area contributed by atoms with Gasteiger partial charge in [-0.25, -0.2) is 0 Å². The number of epoxide rings is 1. The highest BCUT2D eigenvalue weighted by molar-refractivity contribution is 5.93. The number of carbonyl (C=O) groups excluding carboxylic acids is 1. The molecule has 2 aliphatic rings. The molecule has 1 atom stereocenters. The number of ether oxygens (including phenoxy) is 2. The third-order valence-corrected chi connectivity index (χ3v) is 2.81. The molecule has 0 aliphatic carbocycles. The molecule has 3 rings (SSSR count). The molecular formula is C12H15NO3. The van der Waals surface area contributed by atoms with Crippen molar-refractivity contribution in [3.05, 3.63) is 23.8 Å².